The molecular weight excluding hydrogens is 884 g/mol. The molecule has 6 N–H and O–H groups in total. The van der Waals surface area contributed by atoms with Gasteiger partial charge in [-0.3, -0.25) is 28.9 Å². The Hall–Kier alpha value is -5.06. The lowest BCUT2D eigenvalue weighted by molar-refractivity contribution is -0.161. The van der Waals surface area contributed by atoms with Gasteiger partial charge in [-0.2, -0.15) is 0 Å². The van der Waals surface area contributed by atoms with Crippen LogP contribution >= 0.6 is 55.0 Å². The number of anilines is 1. The third kappa shape index (κ3) is 8.05. The molecule has 284 valence electrons. The van der Waals surface area contributed by atoms with E-state index in [1.807, 2.05) is 0 Å². The van der Waals surface area contributed by atoms with E-state index in [1.54, 1.807) is 6.07 Å². The molecule has 3 heterocycles. The van der Waals surface area contributed by atoms with E-state index in [4.69, 9.17) is 20.0 Å². The number of thiazole rings is 1. The molecule has 2 atom stereocenters. The number of carbonyl (C=O) groups is 7. The van der Waals surface area contributed by atoms with Crippen molar-refractivity contribution in [1.82, 2.24) is 20.5 Å². The van der Waals surface area contributed by atoms with Crippen molar-refractivity contribution in [2.45, 2.75) is 44.7 Å². The van der Waals surface area contributed by atoms with E-state index < -0.39 is 64.3 Å². The average molecular weight is 913 g/mol. The molecule has 18 nitrogen and oxygen atoms in total. The van der Waals surface area contributed by atoms with E-state index in [2.05, 4.69) is 52.6 Å². The number of nitrogens with zero attached hydrogens (tertiary/aromatic N) is 3. The summed E-state index contributed by atoms with van der Waals surface area (Å²) in [5.41, 5.74) is 3.37. The first-order valence-corrected chi connectivity index (χ1v) is 18.8. The molecule has 0 saturated carbocycles. The number of nitrogens with one attached hydrogen (secondary N) is 2. The molecule has 3 amide bonds. The summed E-state index contributed by atoms with van der Waals surface area (Å²) in [6.07, 6.45) is 0. The molecule has 1 unspecified atom stereocenters. The summed E-state index contributed by atoms with van der Waals surface area (Å²) in [4.78, 5) is 97.7. The Morgan fingerprint density at radius 1 is 1.06 bits per heavy atom. The molecular formula is C32H28Br2N6O12S2. The van der Waals surface area contributed by atoms with Crippen molar-refractivity contribution < 1.29 is 58.1 Å². The summed E-state index contributed by atoms with van der Waals surface area (Å²) >= 11 is 8.88. The smallest absolute Gasteiger partial charge is 0.352 e. The zero-order valence-corrected chi connectivity index (χ0v) is 33.2. The highest BCUT2D eigenvalue weighted by atomic mass is 79.9. The van der Waals surface area contributed by atoms with Crippen molar-refractivity contribution in [3.8, 4) is 11.5 Å². The van der Waals surface area contributed by atoms with Crippen LogP contribution in [0.5, 0.6) is 11.5 Å². The first kappa shape index (κ1) is 40.1. The standard InChI is InChI=1S/C32H28Br2N6O12S2/c1-11(41)50-23-18(33)15-6-5-13(7-16(15)19(34)24(23)51-12(2)42)25(43)36-8-14-9-53-28-21(27(45)40(28)22(14)29(46)47)38-26(44)20(17-10-54-31(35)37-17)39-52-32(3,4)30(48)49/h5-7,10,21,28H,8-9H2,1-4H3,(H2,35,37)(H,36,43)(H,38,44)(H,46,47)(H,48,49)/b39-20-/t21?,28-/m0/s1. The second kappa shape index (κ2) is 15.7. The minimum atomic E-state index is -1.82. The molecule has 5 rings (SSSR count). The normalized spacial score (nSPS) is 17.0. The van der Waals surface area contributed by atoms with Gasteiger partial charge in [0, 0.05) is 47.9 Å². The number of β-lactam (4-membered cyclic amide) rings is 1. The number of hydrogen-bond donors (Lipinski definition) is 5. The van der Waals surface area contributed by atoms with Crippen LogP contribution in [0.3, 0.4) is 0 Å². The fourth-order valence-corrected chi connectivity index (χ4v) is 8.18. The van der Waals surface area contributed by atoms with Crippen LogP contribution in [-0.2, 0) is 33.6 Å². The van der Waals surface area contributed by atoms with Crippen molar-refractivity contribution in [3.63, 3.8) is 0 Å². The summed E-state index contributed by atoms with van der Waals surface area (Å²) in [7, 11) is 0. The average Bonchev–Trinajstić information content (AvgIpc) is 3.54. The second-order valence-corrected chi connectivity index (χ2v) is 15.5. The summed E-state index contributed by atoms with van der Waals surface area (Å²) in [6, 6.07) is 3.33. The first-order chi connectivity index (χ1) is 25.3. The molecule has 2 aromatic carbocycles. The van der Waals surface area contributed by atoms with Gasteiger partial charge < -0.3 is 40.9 Å². The summed E-state index contributed by atoms with van der Waals surface area (Å²) in [5.74, 6) is -6.56. The number of rotatable bonds is 12. The molecule has 1 saturated heterocycles. The number of benzene rings is 2. The Balaban J connectivity index is 1.34. The predicted octanol–water partition coefficient (Wildman–Crippen LogP) is 3.01. The molecule has 1 aromatic heterocycles. The molecule has 3 aromatic rings. The van der Waals surface area contributed by atoms with Crippen LogP contribution in [0.4, 0.5) is 5.13 Å². The monoisotopic (exact) mass is 910 g/mol. The first-order valence-electron chi connectivity index (χ1n) is 15.3. The molecule has 1 fully saturated rings. The van der Waals surface area contributed by atoms with Crippen LogP contribution in [0.15, 0.2) is 49.0 Å². The largest absolute Gasteiger partial charge is 0.478 e. The van der Waals surface area contributed by atoms with Gasteiger partial charge in [0.05, 0.1) is 8.95 Å². The number of carboxylic acid groups (broad SMARTS) is 2. The number of aromatic nitrogens is 1. The van der Waals surface area contributed by atoms with Gasteiger partial charge in [-0.05, 0) is 63.4 Å². The van der Waals surface area contributed by atoms with Gasteiger partial charge >= 0.3 is 23.9 Å². The van der Waals surface area contributed by atoms with Crippen molar-refractivity contribution >= 4 is 118 Å². The highest BCUT2D eigenvalue weighted by Crippen LogP contribution is 2.48. The van der Waals surface area contributed by atoms with Gasteiger partial charge in [-0.1, -0.05) is 11.2 Å². The van der Waals surface area contributed by atoms with E-state index in [9.17, 15) is 43.8 Å². The number of aliphatic carboxylic acids is 2. The SMILES string of the molecule is CC(=O)Oc1c(OC(C)=O)c(Br)c2cc(C(=O)NCC3=C(C(=O)O)N4C(=O)C(NC(=O)/C(=N\OC(C)(C)C(=O)O)c5csc(N)n5)[C@@H]4SC3)ccc2c1Br. The van der Waals surface area contributed by atoms with Crippen LogP contribution in [0.1, 0.15) is 43.7 Å². The Kier molecular flexibility index (Phi) is 11.7. The van der Waals surface area contributed by atoms with E-state index in [-0.39, 0.29) is 60.4 Å². The lowest BCUT2D eigenvalue weighted by Crippen LogP contribution is -2.71. The second-order valence-electron chi connectivity index (χ2n) is 12.0. The lowest BCUT2D eigenvalue weighted by atomic mass is 10.0. The van der Waals surface area contributed by atoms with E-state index in [0.717, 1.165) is 34.9 Å². The number of oxime groups is 1. The molecule has 2 aliphatic rings. The van der Waals surface area contributed by atoms with Crippen molar-refractivity contribution in [2.24, 2.45) is 5.16 Å². The third-order valence-corrected chi connectivity index (χ3v) is 11.3. The van der Waals surface area contributed by atoms with Crippen molar-refractivity contribution in [2.75, 3.05) is 18.0 Å². The Morgan fingerprint density at radius 3 is 2.24 bits per heavy atom. The fraction of sp³-hybridized carbons (Fsp3) is 0.281. The van der Waals surface area contributed by atoms with E-state index in [1.165, 1.54) is 38.3 Å². The molecule has 0 bridgehead atoms. The number of ether oxygens (including phenoxy) is 2. The lowest BCUT2D eigenvalue weighted by Gasteiger charge is -2.49. The maximum absolute atomic E-state index is 13.4. The van der Waals surface area contributed by atoms with Gasteiger partial charge in [0.1, 0.15) is 22.8 Å². The van der Waals surface area contributed by atoms with Crippen LogP contribution in [0, 0.1) is 0 Å². The number of halogens is 2. The quantitative estimate of drug-likeness (QED) is 0.0575. The summed E-state index contributed by atoms with van der Waals surface area (Å²) in [5, 5.41) is 29.9. The number of hydrogen-bond acceptors (Lipinski definition) is 15. The molecule has 0 aliphatic carbocycles. The van der Waals surface area contributed by atoms with E-state index >= 15 is 0 Å². The Morgan fingerprint density at radius 2 is 1.69 bits per heavy atom. The maximum atomic E-state index is 13.4. The molecule has 22 heteroatoms. The molecule has 2 aliphatic heterocycles. The zero-order valence-electron chi connectivity index (χ0n) is 28.3. The molecule has 0 spiro atoms. The van der Waals surface area contributed by atoms with Gasteiger partial charge in [0.2, 0.25) is 5.60 Å². The summed E-state index contributed by atoms with van der Waals surface area (Å²) < 4.78 is 11.1. The van der Waals surface area contributed by atoms with Crippen LogP contribution in [-0.4, -0.2) is 96.7 Å². The molecule has 54 heavy (non-hydrogen) atoms. The minimum Gasteiger partial charge on any atom is -0.478 e. The topological polar surface area (TPSA) is 266 Å². The fourth-order valence-electron chi connectivity index (χ4n) is 5.09. The number of thioether (sulfide) groups is 1. The minimum absolute atomic E-state index is 0.0387. The number of carbonyl (C=O) groups excluding carboxylic acids is 5. The number of nitrogen functional groups attached to an aromatic ring is 1. The Bertz CT molecular complexity index is 2220. The number of nitrogens with two attached hydrogens (primary N) is 1. The number of fused-ring (bicyclic) bond motifs is 2. The van der Waals surface area contributed by atoms with Crippen LogP contribution < -0.4 is 25.8 Å². The number of amides is 3. The van der Waals surface area contributed by atoms with Crippen molar-refractivity contribution in [1.29, 1.82) is 0 Å². The number of esters is 2. The highest BCUT2D eigenvalue weighted by Gasteiger charge is 2.54. The highest BCUT2D eigenvalue weighted by molar-refractivity contribution is 9.11. The van der Waals surface area contributed by atoms with Crippen LogP contribution in [0.2, 0.25) is 0 Å². The molecule has 0 radical (unpaired) electrons. The Labute approximate surface area is 329 Å². The third-order valence-electron chi connectivity index (χ3n) is 7.71. The summed E-state index contributed by atoms with van der Waals surface area (Å²) in [6.45, 7) is 4.50. The van der Waals surface area contributed by atoms with Gasteiger partial charge in [-0.15, -0.1) is 23.1 Å². The van der Waals surface area contributed by atoms with Crippen molar-refractivity contribution in [3.05, 3.63) is 55.1 Å². The van der Waals surface area contributed by atoms with E-state index in [0.29, 0.717) is 10.8 Å². The van der Waals surface area contributed by atoms with Gasteiger partial charge in [0.25, 0.3) is 17.7 Å². The van der Waals surface area contributed by atoms with Crippen LogP contribution in [0.25, 0.3) is 10.8 Å². The maximum Gasteiger partial charge on any atom is 0.352 e. The zero-order chi connectivity index (χ0) is 39.8. The predicted molar refractivity (Wildman–Crippen MR) is 200 cm³/mol. The number of carboxylic acids is 2. The van der Waals surface area contributed by atoms with Gasteiger partial charge in [0.15, 0.2) is 22.3 Å². The van der Waals surface area contributed by atoms with Gasteiger partial charge in [-0.25, -0.2) is 14.6 Å².